The molecule has 9 nitrogen and oxygen atoms in total. The Morgan fingerprint density at radius 1 is 1.06 bits per heavy atom. The Balaban J connectivity index is 1.26. The number of carbonyl (C=O) groups is 1. The summed E-state index contributed by atoms with van der Waals surface area (Å²) in [4.78, 5) is 31.5. The summed E-state index contributed by atoms with van der Waals surface area (Å²) < 4.78 is 33.0. The first-order chi connectivity index (χ1) is 16.7. The molecule has 0 saturated carbocycles. The summed E-state index contributed by atoms with van der Waals surface area (Å²) in [5.74, 6) is -0.965. The third-order valence-electron chi connectivity index (χ3n) is 7.27. The maximum Gasteiger partial charge on any atom is 0.417 e. The van der Waals surface area contributed by atoms with Crippen molar-refractivity contribution < 1.29 is 17.6 Å². The van der Waals surface area contributed by atoms with Crippen molar-refractivity contribution in [1.29, 1.82) is 0 Å². The average molecular weight is 499 g/mol. The van der Waals surface area contributed by atoms with Crippen LogP contribution in [0.2, 0.25) is 0 Å². The fourth-order valence-corrected chi connectivity index (χ4v) is 6.64. The number of hydrogen-bond acceptors (Lipinski definition) is 6. The third kappa shape index (κ3) is 4.48. The number of anilines is 1. The monoisotopic (exact) mass is 498 g/mol. The minimum absolute atomic E-state index is 0.0256. The Bertz CT molecular complexity index is 1420. The van der Waals surface area contributed by atoms with Crippen molar-refractivity contribution in [3.05, 3.63) is 58.1 Å². The highest BCUT2D eigenvalue weighted by molar-refractivity contribution is 7.89. The number of amides is 1. The van der Waals surface area contributed by atoms with Gasteiger partial charge in [-0.3, -0.25) is 9.78 Å². The Hall–Kier alpha value is -3.11. The molecule has 0 radical (unpaired) electrons. The summed E-state index contributed by atoms with van der Waals surface area (Å²) in [7, 11) is -3.82. The second-order valence-electron chi connectivity index (χ2n) is 9.41. The normalized spacial score (nSPS) is 19.9. The van der Waals surface area contributed by atoms with Gasteiger partial charge in [-0.2, -0.15) is 4.31 Å². The molecule has 0 bridgehead atoms. The van der Waals surface area contributed by atoms with Gasteiger partial charge in [0.15, 0.2) is 5.58 Å². The predicted molar refractivity (Wildman–Crippen MR) is 133 cm³/mol. The molecular formula is C25H30N4O5S. The van der Waals surface area contributed by atoms with Crippen molar-refractivity contribution in [2.75, 3.05) is 44.2 Å². The van der Waals surface area contributed by atoms with Crippen molar-refractivity contribution in [2.45, 2.75) is 31.6 Å². The quantitative estimate of drug-likeness (QED) is 0.592. The second kappa shape index (κ2) is 9.16. The molecule has 3 aromatic rings. The van der Waals surface area contributed by atoms with E-state index in [0.717, 1.165) is 13.1 Å². The number of hydrogen-bond donors (Lipinski definition) is 1. The van der Waals surface area contributed by atoms with Crippen LogP contribution < -0.4 is 10.7 Å². The van der Waals surface area contributed by atoms with Gasteiger partial charge in [0.25, 0.3) is 0 Å². The number of sulfonamides is 1. The summed E-state index contributed by atoms with van der Waals surface area (Å²) in [6.07, 6.45) is 1.30. The van der Waals surface area contributed by atoms with E-state index in [9.17, 15) is 18.0 Å². The molecule has 186 valence electrons. The molecule has 2 aliphatic heterocycles. The lowest BCUT2D eigenvalue weighted by Crippen LogP contribution is -2.53. The second-order valence-corrected chi connectivity index (χ2v) is 11.3. The minimum Gasteiger partial charge on any atom is -0.408 e. The number of H-pyrrole nitrogens is 1. The topological polar surface area (TPSA) is 107 Å². The molecule has 2 aliphatic rings. The van der Waals surface area contributed by atoms with Crippen molar-refractivity contribution in [3.63, 3.8) is 0 Å². The van der Waals surface area contributed by atoms with Crippen LogP contribution >= 0.6 is 0 Å². The van der Waals surface area contributed by atoms with Crippen molar-refractivity contribution >= 4 is 32.7 Å². The highest BCUT2D eigenvalue weighted by atomic mass is 32.2. The van der Waals surface area contributed by atoms with Gasteiger partial charge in [-0.05, 0) is 56.0 Å². The number of piperazine rings is 1. The first kappa shape index (κ1) is 23.6. The summed E-state index contributed by atoms with van der Waals surface area (Å²) in [6, 6.07) is 10.6. The Morgan fingerprint density at radius 2 is 1.83 bits per heavy atom. The molecule has 3 heterocycles. The van der Waals surface area contributed by atoms with E-state index < -0.39 is 15.8 Å². The number of benzene rings is 2. The molecule has 1 unspecified atom stereocenters. The number of carbonyl (C=O) groups excluding carboxylic acids is 1. The molecule has 2 aromatic carbocycles. The van der Waals surface area contributed by atoms with E-state index in [1.165, 1.54) is 39.3 Å². The minimum atomic E-state index is -3.82. The zero-order valence-corrected chi connectivity index (χ0v) is 20.8. The van der Waals surface area contributed by atoms with Crippen LogP contribution in [0.3, 0.4) is 0 Å². The number of aromatic amines is 1. The number of aromatic nitrogens is 1. The molecule has 1 amide bonds. The smallest absolute Gasteiger partial charge is 0.408 e. The maximum absolute atomic E-state index is 13.3. The van der Waals surface area contributed by atoms with Gasteiger partial charge < -0.3 is 14.2 Å². The molecule has 0 aliphatic carbocycles. The molecule has 35 heavy (non-hydrogen) atoms. The van der Waals surface area contributed by atoms with E-state index in [4.69, 9.17) is 4.42 Å². The highest BCUT2D eigenvalue weighted by Gasteiger charge is 2.36. The Labute approximate surface area is 204 Å². The summed E-state index contributed by atoms with van der Waals surface area (Å²) in [5, 5.41) is 0. The summed E-state index contributed by atoms with van der Waals surface area (Å²) >= 11 is 0. The molecule has 0 spiro atoms. The zero-order valence-electron chi connectivity index (χ0n) is 20.0. The fourth-order valence-electron chi connectivity index (χ4n) is 5.10. The van der Waals surface area contributed by atoms with E-state index in [1.807, 2.05) is 4.90 Å². The van der Waals surface area contributed by atoms with E-state index in [2.05, 4.69) is 41.9 Å². The van der Waals surface area contributed by atoms with E-state index in [1.54, 1.807) is 0 Å². The molecule has 2 saturated heterocycles. The number of nitrogens with one attached hydrogen (secondary N) is 1. The van der Waals surface area contributed by atoms with Gasteiger partial charge in [0.05, 0.1) is 16.3 Å². The number of piperidine rings is 1. The first-order valence-corrected chi connectivity index (χ1v) is 13.4. The number of rotatable bonds is 4. The molecule has 1 aromatic heterocycles. The predicted octanol–water partition coefficient (Wildman–Crippen LogP) is 2.49. The third-order valence-corrected chi connectivity index (χ3v) is 9.13. The number of aryl methyl sites for hydroxylation is 1. The van der Waals surface area contributed by atoms with Crippen LogP contribution in [-0.4, -0.2) is 67.8 Å². The lowest BCUT2D eigenvalue weighted by molar-refractivity contribution is -0.137. The van der Waals surface area contributed by atoms with Crippen LogP contribution in [0.15, 0.2) is 50.5 Å². The van der Waals surface area contributed by atoms with Crippen LogP contribution in [0.25, 0.3) is 11.1 Å². The lowest BCUT2D eigenvalue weighted by Gasteiger charge is -2.40. The van der Waals surface area contributed by atoms with Gasteiger partial charge in [-0.1, -0.05) is 12.1 Å². The molecule has 5 rings (SSSR count). The number of fused-ring (bicyclic) bond motifs is 1. The Morgan fingerprint density at radius 3 is 2.60 bits per heavy atom. The number of oxazole rings is 1. The van der Waals surface area contributed by atoms with Gasteiger partial charge in [-0.15, -0.1) is 0 Å². The summed E-state index contributed by atoms with van der Waals surface area (Å²) in [5.41, 5.74) is 4.37. The highest BCUT2D eigenvalue weighted by Crippen LogP contribution is 2.28. The lowest BCUT2D eigenvalue weighted by atomic mass is 9.97. The van der Waals surface area contributed by atoms with Crippen LogP contribution in [0.5, 0.6) is 0 Å². The van der Waals surface area contributed by atoms with E-state index in [0.29, 0.717) is 38.0 Å². The molecule has 1 atom stereocenters. The standard InChI is InChI=1S/C25H30N4O5S/c1-17-5-3-7-22(18(17)2)27-11-13-28(14-12-27)24(30)19-6-4-10-29(16-19)35(32,33)20-8-9-21-23(15-20)34-25(31)26-21/h3,5,7-9,15,19H,4,6,10-14,16H2,1-2H3,(H,26,31). The summed E-state index contributed by atoms with van der Waals surface area (Å²) in [6.45, 7) is 7.51. The van der Waals surface area contributed by atoms with Crippen LogP contribution in [-0.2, 0) is 14.8 Å². The van der Waals surface area contributed by atoms with Crippen molar-refractivity contribution in [1.82, 2.24) is 14.2 Å². The van der Waals surface area contributed by atoms with Gasteiger partial charge in [-0.25, -0.2) is 13.2 Å². The molecule has 2 fully saturated rings. The maximum atomic E-state index is 13.3. The number of nitrogens with zero attached hydrogens (tertiary/aromatic N) is 3. The molecular weight excluding hydrogens is 468 g/mol. The first-order valence-electron chi connectivity index (χ1n) is 12.0. The van der Waals surface area contributed by atoms with Gasteiger partial charge >= 0.3 is 5.76 Å². The van der Waals surface area contributed by atoms with Crippen molar-refractivity contribution in [3.8, 4) is 0 Å². The average Bonchev–Trinajstić information content (AvgIpc) is 3.25. The van der Waals surface area contributed by atoms with Crippen LogP contribution in [0, 0.1) is 19.8 Å². The molecule has 1 N–H and O–H groups in total. The van der Waals surface area contributed by atoms with E-state index in [-0.39, 0.29) is 28.8 Å². The van der Waals surface area contributed by atoms with E-state index >= 15 is 0 Å². The van der Waals surface area contributed by atoms with Crippen molar-refractivity contribution in [2.24, 2.45) is 5.92 Å². The van der Waals surface area contributed by atoms with Gasteiger partial charge in [0, 0.05) is 51.0 Å². The zero-order chi connectivity index (χ0) is 24.7. The largest absolute Gasteiger partial charge is 0.417 e. The van der Waals surface area contributed by atoms with Gasteiger partial charge in [0.2, 0.25) is 15.9 Å². The van der Waals surface area contributed by atoms with Crippen LogP contribution in [0.4, 0.5) is 5.69 Å². The SMILES string of the molecule is Cc1cccc(N2CCN(C(=O)C3CCCN(S(=O)(=O)c4ccc5[nH]c(=O)oc5c4)C3)CC2)c1C. The van der Waals surface area contributed by atoms with Gasteiger partial charge in [0.1, 0.15) is 0 Å². The fraction of sp³-hybridized carbons (Fsp3) is 0.440. The molecule has 10 heteroatoms. The van der Waals surface area contributed by atoms with Crippen LogP contribution in [0.1, 0.15) is 24.0 Å². The Kier molecular flexibility index (Phi) is 6.18.